The molecule has 7 heteroatoms. The van der Waals surface area contributed by atoms with Crippen LogP contribution in [-0.4, -0.2) is 33.8 Å². The van der Waals surface area contributed by atoms with E-state index in [1.54, 1.807) is 33.5 Å². The number of nitrogens with one attached hydrogen (secondary N) is 1. The number of hydrogen-bond donors (Lipinski definition) is 2. The summed E-state index contributed by atoms with van der Waals surface area (Å²) in [6.07, 6.45) is 0.565. The van der Waals surface area contributed by atoms with Gasteiger partial charge in [-0.25, -0.2) is 0 Å². The van der Waals surface area contributed by atoms with Crippen molar-refractivity contribution in [3.8, 4) is 17.2 Å². The molecule has 2 unspecified atom stereocenters. The summed E-state index contributed by atoms with van der Waals surface area (Å²) >= 11 is 0. The molecular formula is C21H29ClN2O4. The Morgan fingerprint density at radius 3 is 2.11 bits per heavy atom. The van der Waals surface area contributed by atoms with Gasteiger partial charge in [0.2, 0.25) is 5.91 Å². The summed E-state index contributed by atoms with van der Waals surface area (Å²) in [5.74, 6) is 1.55. The van der Waals surface area contributed by atoms with Gasteiger partial charge in [0.25, 0.3) is 0 Å². The molecule has 0 aliphatic carbocycles. The second kappa shape index (κ2) is 11.4. The first kappa shape index (κ1) is 23.6. The highest BCUT2D eigenvalue weighted by molar-refractivity contribution is 5.85. The molecule has 2 aromatic carbocycles. The van der Waals surface area contributed by atoms with Gasteiger partial charge < -0.3 is 25.3 Å². The lowest BCUT2D eigenvalue weighted by atomic mass is 9.94. The van der Waals surface area contributed by atoms with Crippen molar-refractivity contribution < 1.29 is 19.0 Å². The fraction of sp³-hybridized carbons (Fsp3) is 0.381. The van der Waals surface area contributed by atoms with E-state index in [1.165, 1.54) is 0 Å². The number of halogens is 1. The van der Waals surface area contributed by atoms with Crippen molar-refractivity contribution in [3.63, 3.8) is 0 Å². The third kappa shape index (κ3) is 5.78. The van der Waals surface area contributed by atoms with Crippen molar-refractivity contribution in [2.45, 2.75) is 19.4 Å². The number of hydrogen-bond acceptors (Lipinski definition) is 5. The summed E-state index contributed by atoms with van der Waals surface area (Å²) in [4.78, 5) is 12.5. The zero-order valence-electron chi connectivity index (χ0n) is 16.7. The number of methoxy groups -OCH3 is 3. The molecule has 0 saturated carbocycles. The van der Waals surface area contributed by atoms with Crippen molar-refractivity contribution in [1.82, 2.24) is 5.32 Å². The largest absolute Gasteiger partial charge is 0.496 e. The average molecular weight is 409 g/mol. The summed E-state index contributed by atoms with van der Waals surface area (Å²) in [6, 6.07) is 12.9. The molecule has 0 fully saturated rings. The minimum atomic E-state index is -0.351. The molecular weight excluding hydrogens is 380 g/mol. The highest BCUT2D eigenvalue weighted by Crippen LogP contribution is 2.34. The van der Waals surface area contributed by atoms with Gasteiger partial charge >= 0.3 is 0 Å². The quantitative estimate of drug-likeness (QED) is 0.666. The first-order valence-corrected chi connectivity index (χ1v) is 8.89. The number of benzene rings is 2. The van der Waals surface area contributed by atoms with Crippen molar-refractivity contribution in [2.75, 3.05) is 27.9 Å². The molecule has 0 saturated heterocycles. The first-order valence-electron chi connectivity index (χ1n) is 8.89. The maximum atomic E-state index is 12.5. The molecule has 1 amide bonds. The lowest BCUT2D eigenvalue weighted by Crippen LogP contribution is -2.36. The van der Waals surface area contributed by atoms with E-state index in [4.69, 9.17) is 19.9 Å². The molecule has 0 spiro atoms. The number of rotatable bonds is 9. The van der Waals surface area contributed by atoms with Crippen LogP contribution in [0.25, 0.3) is 0 Å². The molecule has 0 aliphatic heterocycles. The number of ether oxygens (including phenoxy) is 3. The smallest absolute Gasteiger partial charge is 0.224 e. The monoisotopic (exact) mass is 408 g/mol. The van der Waals surface area contributed by atoms with Gasteiger partial charge in [0.15, 0.2) is 0 Å². The van der Waals surface area contributed by atoms with Crippen LogP contribution in [0.4, 0.5) is 0 Å². The molecule has 154 valence electrons. The minimum Gasteiger partial charge on any atom is -0.496 e. The maximum Gasteiger partial charge on any atom is 0.224 e. The van der Waals surface area contributed by atoms with Gasteiger partial charge in [-0.3, -0.25) is 4.79 Å². The van der Waals surface area contributed by atoms with Gasteiger partial charge in [0.1, 0.15) is 17.2 Å². The van der Waals surface area contributed by atoms with Gasteiger partial charge in [-0.15, -0.1) is 12.4 Å². The molecule has 0 aromatic heterocycles. The molecule has 2 aromatic rings. The van der Waals surface area contributed by atoms with Gasteiger partial charge in [0.05, 0.1) is 27.2 Å². The first-order chi connectivity index (χ1) is 13.0. The van der Waals surface area contributed by atoms with Crippen LogP contribution in [0.5, 0.6) is 17.2 Å². The summed E-state index contributed by atoms with van der Waals surface area (Å²) in [7, 11) is 4.78. The van der Waals surface area contributed by atoms with Crippen LogP contribution < -0.4 is 25.3 Å². The van der Waals surface area contributed by atoms with E-state index in [-0.39, 0.29) is 30.3 Å². The second-order valence-electron chi connectivity index (χ2n) is 6.28. The third-order valence-corrected chi connectivity index (χ3v) is 4.63. The van der Waals surface area contributed by atoms with Crippen LogP contribution in [0.2, 0.25) is 0 Å². The van der Waals surface area contributed by atoms with E-state index in [0.717, 1.165) is 11.1 Å². The number of nitrogens with two attached hydrogens (primary N) is 1. The predicted molar refractivity (Wildman–Crippen MR) is 113 cm³/mol. The second-order valence-corrected chi connectivity index (χ2v) is 6.28. The van der Waals surface area contributed by atoms with Crippen molar-refractivity contribution >= 4 is 18.3 Å². The molecule has 0 radical (unpaired) electrons. The summed E-state index contributed by atoms with van der Waals surface area (Å²) in [6.45, 7) is 2.28. The number of carbonyl (C=O) groups excluding carboxylic acids is 1. The van der Waals surface area contributed by atoms with Crippen molar-refractivity contribution in [3.05, 3.63) is 53.6 Å². The van der Waals surface area contributed by atoms with Crippen LogP contribution in [0.3, 0.4) is 0 Å². The molecule has 0 bridgehead atoms. The Hall–Kier alpha value is -2.44. The van der Waals surface area contributed by atoms with E-state index < -0.39 is 0 Å². The Kier molecular flexibility index (Phi) is 9.62. The Morgan fingerprint density at radius 1 is 1.04 bits per heavy atom. The van der Waals surface area contributed by atoms with Gasteiger partial charge in [-0.2, -0.15) is 0 Å². The van der Waals surface area contributed by atoms with Crippen LogP contribution in [-0.2, 0) is 11.2 Å². The Balaban J connectivity index is 0.00000392. The predicted octanol–water partition coefficient (Wildman–Crippen LogP) is 3.13. The van der Waals surface area contributed by atoms with Crippen molar-refractivity contribution in [1.29, 1.82) is 0 Å². The van der Waals surface area contributed by atoms with Crippen molar-refractivity contribution in [2.24, 2.45) is 11.7 Å². The lowest BCUT2D eigenvalue weighted by Gasteiger charge is -2.20. The summed E-state index contributed by atoms with van der Waals surface area (Å²) < 4.78 is 16.1. The third-order valence-electron chi connectivity index (χ3n) is 4.63. The van der Waals surface area contributed by atoms with E-state index in [2.05, 4.69) is 5.32 Å². The Bertz CT molecular complexity index is 730. The summed E-state index contributed by atoms with van der Waals surface area (Å²) in [5, 5.41) is 2.95. The van der Waals surface area contributed by atoms with Crippen LogP contribution in [0.1, 0.15) is 24.1 Å². The Labute approximate surface area is 172 Å². The molecule has 3 N–H and O–H groups in total. The standard InChI is InChI=1S/C21H28N2O4.ClH/c1-14(20(22)15-8-6-5-7-9-15)21(24)23-11-10-17-18(26-3)12-16(25-2)13-19(17)27-4;/h5-9,12-14,20H,10-11,22H2,1-4H3,(H,23,24);1H. The van der Waals surface area contributed by atoms with E-state index in [1.807, 2.05) is 37.3 Å². The average Bonchev–Trinajstić information content (AvgIpc) is 2.72. The van der Waals surface area contributed by atoms with Crippen LogP contribution in [0, 0.1) is 5.92 Å². The van der Waals surface area contributed by atoms with Gasteiger partial charge in [0, 0.05) is 30.3 Å². The molecule has 6 nitrogen and oxygen atoms in total. The maximum absolute atomic E-state index is 12.5. The SMILES string of the molecule is COc1cc(OC)c(CCNC(=O)C(C)C(N)c2ccccc2)c(OC)c1.Cl. The lowest BCUT2D eigenvalue weighted by molar-refractivity contribution is -0.125. The fourth-order valence-corrected chi connectivity index (χ4v) is 2.92. The molecule has 2 atom stereocenters. The highest BCUT2D eigenvalue weighted by atomic mass is 35.5. The number of amides is 1. The normalized spacial score (nSPS) is 12.3. The molecule has 0 heterocycles. The zero-order valence-corrected chi connectivity index (χ0v) is 17.5. The minimum absolute atomic E-state index is 0. The highest BCUT2D eigenvalue weighted by Gasteiger charge is 2.22. The van der Waals surface area contributed by atoms with Gasteiger partial charge in [-0.05, 0) is 12.0 Å². The van der Waals surface area contributed by atoms with Crippen LogP contribution >= 0.6 is 12.4 Å². The Morgan fingerprint density at radius 2 is 1.61 bits per heavy atom. The van der Waals surface area contributed by atoms with Gasteiger partial charge in [-0.1, -0.05) is 37.3 Å². The van der Waals surface area contributed by atoms with E-state index >= 15 is 0 Å². The molecule has 28 heavy (non-hydrogen) atoms. The fourth-order valence-electron chi connectivity index (χ4n) is 2.92. The molecule has 2 rings (SSSR count). The topological polar surface area (TPSA) is 82.8 Å². The summed E-state index contributed by atoms with van der Waals surface area (Å²) in [5.41, 5.74) is 8.05. The van der Waals surface area contributed by atoms with E-state index in [0.29, 0.717) is 30.2 Å². The molecule has 0 aliphatic rings. The number of carbonyl (C=O) groups is 1. The zero-order chi connectivity index (χ0) is 19.8. The van der Waals surface area contributed by atoms with E-state index in [9.17, 15) is 4.79 Å². The van der Waals surface area contributed by atoms with Crippen LogP contribution in [0.15, 0.2) is 42.5 Å².